The Hall–Kier alpha value is -3.68. The number of carboxylic acids is 1. The molecule has 8 nitrogen and oxygen atoms in total. The van der Waals surface area contributed by atoms with E-state index in [1.807, 2.05) is 0 Å². The highest BCUT2D eigenvalue weighted by Crippen LogP contribution is 2.11. The van der Waals surface area contributed by atoms with E-state index in [0.29, 0.717) is 16.5 Å². The summed E-state index contributed by atoms with van der Waals surface area (Å²) < 4.78 is 0.915. The predicted molar refractivity (Wildman–Crippen MR) is 95.8 cm³/mol. The zero-order valence-electron chi connectivity index (χ0n) is 14.2. The van der Waals surface area contributed by atoms with Gasteiger partial charge in [-0.15, -0.1) is 0 Å². The molecule has 0 aliphatic carbocycles. The number of carboxylic acid groups (broad SMARTS) is 1. The van der Waals surface area contributed by atoms with Crippen LogP contribution in [0.3, 0.4) is 0 Å². The van der Waals surface area contributed by atoms with Crippen LogP contribution in [0.2, 0.25) is 0 Å². The first-order chi connectivity index (χ1) is 13.0. The molecule has 8 heteroatoms. The third-order valence-electron chi connectivity index (χ3n) is 4.13. The minimum absolute atomic E-state index is 0.181. The summed E-state index contributed by atoms with van der Waals surface area (Å²) in [6, 6.07) is 13.4. The van der Waals surface area contributed by atoms with Gasteiger partial charge in [-0.2, -0.15) is 0 Å². The van der Waals surface area contributed by atoms with Crippen molar-refractivity contribution >= 4 is 22.8 Å². The fourth-order valence-electron chi connectivity index (χ4n) is 2.77. The van der Waals surface area contributed by atoms with Gasteiger partial charge in [0.2, 0.25) is 5.91 Å². The summed E-state index contributed by atoms with van der Waals surface area (Å²) in [4.78, 5) is 50.6. The second-order valence-electron chi connectivity index (χ2n) is 5.91. The quantitative estimate of drug-likeness (QED) is 0.619. The first-order valence-electron chi connectivity index (χ1n) is 8.24. The van der Waals surface area contributed by atoms with E-state index in [2.05, 4.69) is 10.3 Å². The monoisotopic (exact) mass is 366 g/mol. The van der Waals surface area contributed by atoms with Crippen molar-refractivity contribution < 1.29 is 14.7 Å². The second-order valence-corrected chi connectivity index (χ2v) is 5.91. The molecule has 0 saturated carbocycles. The minimum atomic E-state index is -1.45. The number of carbonyl (C=O) groups excluding carboxylic acids is 2. The van der Waals surface area contributed by atoms with Crippen LogP contribution in [0.1, 0.15) is 18.0 Å². The Balaban J connectivity index is 1.76. The molecule has 1 amide bonds. The Morgan fingerprint density at radius 2 is 1.70 bits per heavy atom. The molecule has 3 rings (SSSR count). The van der Waals surface area contributed by atoms with Gasteiger partial charge in [0.25, 0.3) is 5.56 Å². The van der Waals surface area contributed by atoms with Crippen LogP contribution in [0, 0.1) is 0 Å². The number of nitrogens with zero attached hydrogens (tertiary/aromatic N) is 1. The van der Waals surface area contributed by atoms with Gasteiger partial charge >= 0.3 is 5.69 Å². The van der Waals surface area contributed by atoms with Gasteiger partial charge in [0, 0.05) is 13.0 Å². The van der Waals surface area contributed by atoms with Crippen molar-refractivity contribution in [1.82, 2.24) is 14.9 Å². The summed E-state index contributed by atoms with van der Waals surface area (Å²) in [6.45, 7) is -0.181. The van der Waals surface area contributed by atoms with Gasteiger partial charge in [-0.25, -0.2) is 4.79 Å². The summed E-state index contributed by atoms with van der Waals surface area (Å²) in [5.41, 5.74) is -0.367. The molecule has 2 aromatic carbocycles. The molecule has 27 heavy (non-hydrogen) atoms. The number of benzene rings is 2. The summed E-state index contributed by atoms with van der Waals surface area (Å²) in [5.74, 6) is -2.07. The van der Waals surface area contributed by atoms with Gasteiger partial charge in [-0.3, -0.25) is 14.2 Å². The van der Waals surface area contributed by atoms with Crippen LogP contribution in [0.5, 0.6) is 0 Å². The summed E-state index contributed by atoms with van der Waals surface area (Å²) in [7, 11) is 0. The number of H-pyrrole nitrogens is 1. The number of carbonyl (C=O) groups is 2. The lowest BCUT2D eigenvalue weighted by molar-refractivity contribution is -0.308. The molecule has 0 saturated heterocycles. The average molecular weight is 366 g/mol. The number of aromatic nitrogens is 2. The van der Waals surface area contributed by atoms with Gasteiger partial charge in [-0.05, 0) is 17.7 Å². The molecule has 1 atom stereocenters. The van der Waals surface area contributed by atoms with Crippen LogP contribution in [0.4, 0.5) is 0 Å². The number of nitrogens with one attached hydrogen (secondary N) is 2. The van der Waals surface area contributed by atoms with E-state index in [9.17, 15) is 24.3 Å². The Bertz CT molecular complexity index is 1100. The standard InChI is InChI=1S/C19H17N3O5/c23-15(21-16(18(25)26)12-6-2-1-3-7-12)10-11-22-17(24)13-8-4-5-9-14(13)20-19(22)27/h1-9,16H,10-11H2,(H,20,27)(H,21,23)(H,25,26)/p-1/t16-/m0/s1. The van der Waals surface area contributed by atoms with Gasteiger partial charge in [0.15, 0.2) is 0 Å². The first-order valence-corrected chi connectivity index (χ1v) is 8.24. The minimum Gasteiger partial charge on any atom is -0.548 e. The maximum Gasteiger partial charge on any atom is 0.328 e. The SMILES string of the molecule is O=C(CCn1c(=O)[nH]c2ccccc2c1=O)N[C@H](C(=O)[O-])c1ccccc1. The zero-order chi connectivity index (χ0) is 19.4. The zero-order valence-corrected chi connectivity index (χ0v) is 14.2. The normalized spacial score (nSPS) is 11.9. The van der Waals surface area contributed by atoms with Crippen molar-refractivity contribution in [3.63, 3.8) is 0 Å². The van der Waals surface area contributed by atoms with Crippen molar-refractivity contribution in [2.24, 2.45) is 0 Å². The second kappa shape index (κ2) is 7.69. The maximum absolute atomic E-state index is 12.4. The van der Waals surface area contributed by atoms with Crippen molar-refractivity contribution in [2.75, 3.05) is 0 Å². The van der Waals surface area contributed by atoms with Crippen LogP contribution < -0.4 is 21.7 Å². The number of para-hydroxylation sites is 1. The maximum atomic E-state index is 12.4. The molecule has 0 aliphatic heterocycles. The Labute approximate surface area is 153 Å². The molecule has 0 aliphatic rings. The van der Waals surface area contributed by atoms with Crippen molar-refractivity contribution in [2.45, 2.75) is 19.0 Å². The van der Waals surface area contributed by atoms with Crippen LogP contribution >= 0.6 is 0 Å². The van der Waals surface area contributed by atoms with Crippen LogP contribution in [-0.4, -0.2) is 21.4 Å². The van der Waals surface area contributed by atoms with Gasteiger partial charge in [0.05, 0.1) is 22.9 Å². The summed E-state index contributed by atoms with van der Waals surface area (Å²) in [5, 5.41) is 14.0. The van der Waals surface area contributed by atoms with Gasteiger partial charge in [0.1, 0.15) is 0 Å². The van der Waals surface area contributed by atoms with Crippen LogP contribution in [0.15, 0.2) is 64.2 Å². The lowest BCUT2D eigenvalue weighted by atomic mass is 10.1. The third-order valence-corrected chi connectivity index (χ3v) is 4.13. The molecule has 0 unspecified atom stereocenters. The summed E-state index contributed by atoms with van der Waals surface area (Å²) in [6.07, 6.45) is -0.238. The van der Waals surface area contributed by atoms with E-state index in [1.54, 1.807) is 54.6 Å². The fraction of sp³-hybridized carbons (Fsp3) is 0.158. The molecular formula is C19H16N3O5-. The fourth-order valence-corrected chi connectivity index (χ4v) is 2.77. The molecular weight excluding hydrogens is 350 g/mol. The third kappa shape index (κ3) is 3.95. The molecule has 1 aromatic heterocycles. The smallest absolute Gasteiger partial charge is 0.328 e. The molecule has 0 fully saturated rings. The topological polar surface area (TPSA) is 124 Å². The molecule has 3 aromatic rings. The lowest BCUT2D eigenvalue weighted by Gasteiger charge is -2.20. The number of amides is 1. The molecule has 1 heterocycles. The number of aliphatic carboxylic acids is 1. The van der Waals surface area contributed by atoms with Gasteiger partial charge in [-0.1, -0.05) is 42.5 Å². The molecule has 0 spiro atoms. The van der Waals surface area contributed by atoms with Crippen molar-refractivity contribution in [3.05, 3.63) is 81.0 Å². The van der Waals surface area contributed by atoms with Crippen molar-refractivity contribution in [3.8, 4) is 0 Å². The number of rotatable bonds is 6. The molecule has 2 N–H and O–H groups in total. The summed E-state index contributed by atoms with van der Waals surface area (Å²) >= 11 is 0. The lowest BCUT2D eigenvalue weighted by Crippen LogP contribution is -2.42. The average Bonchev–Trinajstić information content (AvgIpc) is 2.66. The van der Waals surface area contributed by atoms with E-state index in [0.717, 1.165) is 4.57 Å². The Kier molecular flexibility index (Phi) is 5.16. The largest absolute Gasteiger partial charge is 0.548 e. The Morgan fingerprint density at radius 3 is 2.41 bits per heavy atom. The van der Waals surface area contributed by atoms with E-state index < -0.39 is 29.2 Å². The number of hydrogen-bond donors (Lipinski definition) is 2. The number of fused-ring (bicyclic) bond motifs is 1. The number of aromatic amines is 1. The van der Waals surface area contributed by atoms with Crippen LogP contribution in [0.25, 0.3) is 10.9 Å². The van der Waals surface area contributed by atoms with E-state index in [1.165, 1.54) is 0 Å². The number of hydrogen-bond acceptors (Lipinski definition) is 5. The van der Waals surface area contributed by atoms with E-state index in [4.69, 9.17) is 0 Å². The van der Waals surface area contributed by atoms with Gasteiger partial charge < -0.3 is 20.2 Å². The predicted octanol–water partition coefficient (Wildman–Crippen LogP) is -0.313. The Morgan fingerprint density at radius 1 is 1.04 bits per heavy atom. The van der Waals surface area contributed by atoms with E-state index >= 15 is 0 Å². The van der Waals surface area contributed by atoms with Crippen LogP contribution in [-0.2, 0) is 16.1 Å². The first kappa shape index (κ1) is 18.1. The molecule has 138 valence electrons. The molecule has 0 bridgehead atoms. The molecule has 0 radical (unpaired) electrons. The highest BCUT2D eigenvalue weighted by molar-refractivity contribution is 5.83. The highest BCUT2D eigenvalue weighted by Gasteiger charge is 2.16. The van der Waals surface area contributed by atoms with Crippen molar-refractivity contribution in [1.29, 1.82) is 0 Å². The van der Waals surface area contributed by atoms with E-state index in [-0.39, 0.29) is 13.0 Å². The highest BCUT2D eigenvalue weighted by atomic mass is 16.4.